The molecular formula is C18H17N3O7. The van der Waals surface area contributed by atoms with Gasteiger partial charge in [0.1, 0.15) is 24.0 Å². The molecule has 28 heavy (non-hydrogen) atoms. The molecule has 2 heterocycles. The molecule has 3 rings (SSSR count). The van der Waals surface area contributed by atoms with Crippen molar-refractivity contribution < 1.29 is 24.3 Å². The Morgan fingerprint density at radius 1 is 1.36 bits per heavy atom. The van der Waals surface area contributed by atoms with Crippen molar-refractivity contribution in [1.29, 1.82) is 5.26 Å². The van der Waals surface area contributed by atoms with Crippen molar-refractivity contribution in [1.82, 2.24) is 0 Å². The molecule has 1 atom stereocenters. The van der Waals surface area contributed by atoms with E-state index in [-0.39, 0.29) is 46.6 Å². The maximum atomic E-state index is 12.2. The molecule has 1 unspecified atom stereocenters. The van der Waals surface area contributed by atoms with Gasteiger partial charge < -0.3 is 25.1 Å². The number of rotatable bonds is 3. The molecule has 1 aliphatic heterocycles. The third kappa shape index (κ3) is 3.85. The summed E-state index contributed by atoms with van der Waals surface area (Å²) >= 11 is 0. The Hall–Kier alpha value is -3.68. The highest BCUT2D eigenvalue weighted by molar-refractivity contribution is 5.57. The molecule has 10 nitrogen and oxygen atoms in total. The highest BCUT2D eigenvalue weighted by Crippen LogP contribution is 2.43. The second-order valence-corrected chi connectivity index (χ2v) is 5.49. The largest absolute Gasteiger partial charge is 0.458 e. The van der Waals surface area contributed by atoms with Crippen LogP contribution in [0.5, 0.6) is 5.75 Å². The third-order valence-corrected chi connectivity index (χ3v) is 3.73. The minimum absolute atomic E-state index is 0.0614. The van der Waals surface area contributed by atoms with Crippen LogP contribution in [0.4, 0.5) is 5.69 Å². The summed E-state index contributed by atoms with van der Waals surface area (Å²) in [5.74, 6) is -1.88. The predicted molar refractivity (Wildman–Crippen MR) is 96.1 cm³/mol. The van der Waals surface area contributed by atoms with Gasteiger partial charge in [0.15, 0.2) is 5.76 Å². The number of fused-ring (bicyclic) bond motifs is 1. The molecule has 10 heteroatoms. The second kappa shape index (κ2) is 8.81. The number of ether oxygens (including phenoxy) is 1. The van der Waals surface area contributed by atoms with Crippen molar-refractivity contribution in [3.63, 3.8) is 0 Å². The Bertz CT molecular complexity index is 1020. The van der Waals surface area contributed by atoms with E-state index < -0.39 is 22.9 Å². The van der Waals surface area contributed by atoms with Crippen LogP contribution in [0, 0.1) is 21.4 Å². The number of nitro groups is 1. The minimum Gasteiger partial charge on any atom is -0.458 e. The van der Waals surface area contributed by atoms with Gasteiger partial charge in [-0.1, -0.05) is 18.2 Å². The third-order valence-electron chi connectivity index (χ3n) is 3.73. The fourth-order valence-corrected chi connectivity index (χ4v) is 2.67. The number of nitrogens with two attached hydrogens (primary N) is 1. The molecule has 146 valence electrons. The summed E-state index contributed by atoms with van der Waals surface area (Å²) in [6.45, 7) is 1.37. The molecule has 2 aromatic rings. The van der Waals surface area contributed by atoms with Crippen LogP contribution >= 0.6 is 0 Å². The molecule has 1 aromatic heterocycles. The monoisotopic (exact) mass is 387 g/mol. The number of hydrogen-bond donors (Lipinski definition) is 3. The van der Waals surface area contributed by atoms with E-state index >= 15 is 0 Å². The van der Waals surface area contributed by atoms with Gasteiger partial charge in [-0.15, -0.1) is 0 Å². The molecular weight excluding hydrogens is 370 g/mol. The lowest BCUT2D eigenvalue weighted by Crippen LogP contribution is -2.25. The van der Waals surface area contributed by atoms with Crippen LogP contribution in [0.25, 0.3) is 0 Å². The second-order valence-electron chi connectivity index (χ2n) is 5.49. The number of aliphatic hydroxyl groups is 2. The summed E-state index contributed by atoms with van der Waals surface area (Å²) in [5, 5.41) is 37.6. The lowest BCUT2D eigenvalue weighted by atomic mass is 9.86. The Morgan fingerprint density at radius 2 is 2.00 bits per heavy atom. The van der Waals surface area contributed by atoms with Crippen LogP contribution in [0.15, 0.2) is 51.0 Å². The molecule has 0 saturated heterocycles. The fourth-order valence-electron chi connectivity index (χ4n) is 2.67. The molecule has 0 radical (unpaired) electrons. The minimum atomic E-state index is -1.10. The zero-order valence-electron chi connectivity index (χ0n) is 14.8. The van der Waals surface area contributed by atoms with Gasteiger partial charge in [-0.05, 0) is 6.92 Å². The molecule has 1 aromatic carbocycles. The van der Waals surface area contributed by atoms with Gasteiger partial charge in [-0.3, -0.25) is 14.9 Å². The number of allylic oxidation sites excluding steroid dienone is 1. The molecule has 0 amide bonds. The topological polar surface area (TPSA) is 173 Å². The summed E-state index contributed by atoms with van der Waals surface area (Å²) in [7, 11) is 0. The highest BCUT2D eigenvalue weighted by atomic mass is 16.6. The quantitative estimate of drug-likeness (QED) is 0.517. The summed E-state index contributed by atoms with van der Waals surface area (Å²) in [4.78, 5) is 22.9. The Balaban J connectivity index is 0.000000878. The van der Waals surface area contributed by atoms with Crippen LogP contribution < -0.4 is 15.9 Å². The summed E-state index contributed by atoms with van der Waals surface area (Å²) in [6, 6.07) is 8.61. The number of benzene rings is 1. The maximum Gasteiger partial charge on any atom is 0.273 e. The van der Waals surface area contributed by atoms with Crippen LogP contribution in [0.2, 0.25) is 0 Å². The highest BCUT2D eigenvalue weighted by Gasteiger charge is 2.38. The predicted octanol–water partition coefficient (Wildman–Crippen LogP) is 1.26. The van der Waals surface area contributed by atoms with Crippen molar-refractivity contribution in [3.05, 3.63) is 79.2 Å². The summed E-state index contributed by atoms with van der Waals surface area (Å²) in [6.07, 6.45) is 0. The average molecular weight is 387 g/mol. The number of nitriles is 1. The van der Waals surface area contributed by atoms with Crippen molar-refractivity contribution in [3.8, 4) is 11.8 Å². The number of hydrogen-bond acceptors (Lipinski definition) is 9. The van der Waals surface area contributed by atoms with E-state index in [0.29, 0.717) is 0 Å². The fraction of sp³-hybridized carbons (Fsp3) is 0.222. The molecule has 0 bridgehead atoms. The van der Waals surface area contributed by atoms with E-state index in [2.05, 4.69) is 0 Å². The Labute approximate surface area is 158 Å². The standard InChI is InChI=1S/C16H11N3O6.C2H6O/c17-6-10-13(9-3-1-2-4-11(9)19(22)23)15-14(25-16(10)18)12(21)5-8(7-20)24-15;1-2-3/h1-5,13,20H,7,18H2;3H,2H2,1H3. The average Bonchev–Trinajstić information content (AvgIpc) is 2.68. The first-order valence-electron chi connectivity index (χ1n) is 8.09. The molecule has 0 spiro atoms. The number of para-hydroxylation sites is 1. The van der Waals surface area contributed by atoms with E-state index in [4.69, 9.17) is 20.0 Å². The van der Waals surface area contributed by atoms with Crippen LogP contribution in [0.3, 0.4) is 0 Å². The van der Waals surface area contributed by atoms with E-state index in [0.717, 1.165) is 6.07 Å². The summed E-state index contributed by atoms with van der Waals surface area (Å²) in [5.41, 5.74) is 4.85. The van der Waals surface area contributed by atoms with E-state index in [1.165, 1.54) is 18.2 Å². The van der Waals surface area contributed by atoms with Gasteiger partial charge >= 0.3 is 0 Å². The van der Waals surface area contributed by atoms with Gasteiger partial charge in [0.05, 0.1) is 10.8 Å². The van der Waals surface area contributed by atoms with E-state index in [1.807, 2.05) is 6.07 Å². The lowest BCUT2D eigenvalue weighted by molar-refractivity contribution is -0.385. The van der Waals surface area contributed by atoms with Crippen LogP contribution in [0.1, 0.15) is 29.9 Å². The molecule has 0 saturated carbocycles. The maximum absolute atomic E-state index is 12.2. The summed E-state index contributed by atoms with van der Waals surface area (Å²) < 4.78 is 10.7. The molecule has 0 aliphatic carbocycles. The first-order chi connectivity index (χ1) is 13.4. The Morgan fingerprint density at radius 3 is 2.57 bits per heavy atom. The van der Waals surface area contributed by atoms with Crippen molar-refractivity contribution in [2.75, 3.05) is 6.61 Å². The zero-order valence-corrected chi connectivity index (χ0v) is 14.8. The van der Waals surface area contributed by atoms with Crippen LogP contribution in [-0.2, 0) is 6.61 Å². The van der Waals surface area contributed by atoms with Crippen molar-refractivity contribution in [2.24, 2.45) is 5.73 Å². The smallest absolute Gasteiger partial charge is 0.273 e. The van der Waals surface area contributed by atoms with Gasteiger partial charge in [-0.2, -0.15) is 5.26 Å². The van der Waals surface area contributed by atoms with Gasteiger partial charge in [0, 0.05) is 24.3 Å². The zero-order chi connectivity index (χ0) is 20.8. The lowest BCUT2D eigenvalue weighted by Gasteiger charge is -2.24. The van der Waals surface area contributed by atoms with Gasteiger partial charge in [-0.25, -0.2) is 0 Å². The molecule has 4 N–H and O–H groups in total. The normalized spacial score (nSPS) is 14.9. The van der Waals surface area contributed by atoms with Gasteiger partial charge in [0.25, 0.3) is 5.69 Å². The van der Waals surface area contributed by atoms with E-state index in [1.54, 1.807) is 13.0 Å². The first kappa shape index (κ1) is 20.6. The van der Waals surface area contributed by atoms with Gasteiger partial charge in [0.2, 0.25) is 17.1 Å². The molecule has 1 aliphatic rings. The SMILES string of the molecule is CCO.N#CC1=C(N)Oc2c(oc(CO)cc2=O)C1c1ccccc1[N+](=O)[O-]. The number of nitrogens with zero attached hydrogens (tertiary/aromatic N) is 2. The van der Waals surface area contributed by atoms with Crippen molar-refractivity contribution >= 4 is 5.69 Å². The Kier molecular flexibility index (Phi) is 6.49. The number of nitro benzene ring substituents is 1. The number of aliphatic hydroxyl groups excluding tert-OH is 2. The van der Waals surface area contributed by atoms with Crippen molar-refractivity contribution in [2.45, 2.75) is 19.4 Å². The molecule has 0 fully saturated rings. The first-order valence-corrected chi connectivity index (χ1v) is 8.09. The van der Waals surface area contributed by atoms with E-state index in [9.17, 15) is 25.3 Å². The van der Waals surface area contributed by atoms with Crippen LogP contribution in [-0.4, -0.2) is 21.7 Å².